The lowest BCUT2D eigenvalue weighted by Gasteiger charge is -2.20. The molecule has 5 heteroatoms. The van der Waals surface area contributed by atoms with Crippen LogP contribution in [0.25, 0.3) is 0 Å². The van der Waals surface area contributed by atoms with E-state index in [0.717, 1.165) is 32.2 Å². The number of carbonyl (C=O) groups excluding carboxylic acids is 1. The van der Waals surface area contributed by atoms with E-state index in [0.29, 0.717) is 0 Å². The smallest absolute Gasteiger partial charge is 0.342 e. The maximum Gasteiger partial charge on any atom is 0.342 e. The fraction of sp³-hybridized carbons (Fsp3) is 0.300. The average Bonchev–Trinajstić information content (AvgIpc) is 2.20. The van der Waals surface area contributed by atoms with Gasteiger partial charge in [-0.15, -0.1) is 0 Å². The first-order chi connectivity index (χ1) is 6.89. The lowest BCUT2D eigenvalue weighted by atomic mass is 9.95. The molecule has 0 aliphatic rings. The molecule has 1 N–H and O–H groups in total. The van der Waals surface area contributed by atoms with Gasteiger partial charge in [0.15, 0.2) is 5.60 Å². The minimum atomic E-state index is -2.19. The number of hydrogen-bond acceptors (Lipinski definition) is 3. The van der Waals surface area contributed by atoms with Crippen molar-refractivity contribution in [3.8, 4) is 0 Å². The molecule has 15 heavy (non-hydrogen) atoms. The number of benzene rings is 1. The summed E-state index contributed by atoms with van der Waals surface area (Å²) in [5.74, 6) is -2.66. The SMILES string of the molecule is COC(=O)C(C)(O)c1cc(F)ccc1F. The zero-order valence-corrected chi connectivity index (χ0v) is 8.25. The predicted molar refractivity (Wildman–Crippen MR) is 47.9 cm³/mol. The van der Waals surface area contributed by atoms with Crippen LogP contribution in [0.3, 0.4) is 0 Å². The van der Waals surface area contributed by atoms with Crippen LogP contribution in [0, 0.1) is 11.6 Å². The van der Waals surface area contributed by atoms with Gasteiger partial charge in [-0.25, -0.2) is 13.6 Å². The van der Waals surface area contributed by atoms with E-state index in [1.807, 2.05) is 0 Å². The van der Waals surface area contributed by atoms with Gasteiger partial charge in [0, 0.05) is 5.56 Å². The van der Waals surface area contributed by atoms with E-state index in [1.54, 1.807) is 0 Å². The molecule has 1 unspecified atom stereocenters. The first-order valence-electron chi connectivity index (χ1n) is 4.16. The monoisotopic (exact) mass is 216 g/mol. The van der Waals surface area contributed by atoms with Crippen LogP contribution >= 0.6 is 0 Å². The number of carbonyl (C=O) groups is 1. The number of halogens is 2. The van der Waals surface area contributed by atoms with Crippen molar-refractivity contribution >= 4 is 5.97 Å². The first kappa shape index (κ1) is 11.6. The summed E-state index contributed by atoms with van der Waals surface area (Å²) in [5, 5.41) is 9.68. The van der Waals surface area contributed by atoms with Crippen molar-refractivity contribution in [2.24, 2.45) is 0 Å². The van der Waals surface area contributed by atoms with E-state index in [9.17, 15) is 18.7 Å². The van der Waals surface area contributed by atoms with Crippen molar-refractivity contribution in [1.82, 2.24) is 0 Å². The van der Waals surface area contributed by atoms with Gasteiger partial charge in [-0.2, -0.15) is 0 Å². The van der Waals surface area contributed by atoms with Gasteiger partial charge in [-0.1, -0.05) is 0 Å². The van der Waals surface area contributed by atoms with Gasteiger partial charge in [0.2, 0.25) is 0 Å². The van der Waals surface area contributed by atoms with Crippen molar-refractivity contribution < 1.29 is 23.4 Å². The van der Waals surface area contributed by atoms with Gasteiger partial charge < -0.3 is 9.84 Å². The molecule has 3 nitrogen and oxygen atoms in total. The standard InChI is InChI=1S/C10H10F2O3/c1-10(14,9(13)15-2)7-5-6(11)3-4-8(7)12/h3-5,14H,1-2H3. The molecule has 0 aliphatic carbocycles. The molecule has 0 amide bonds. The summed E-state index contributed by atoms with van der Waals surface area (Å²) < 4.78 is 30.3. The molecule has 0 aliphatic heterocycles. The summed E-state index contributed by atoms with van der Waals surface area (Å²) in [5.41, 5.74) is -2.64. The Balaban J connectivity index is 3.25. The minimum Gasteiger partial charge on any atom is -0.467 e. The highest BCUT2D eigenvalue weighted by molar-refractivity contribution is 5.80. The van der Waals surface area contributed by atoms with Crippen molar-refractivity contribution in [3.63, 3.8) is 0 Å². The number of hydrogen-bond donors (Lipinski definition) is 1. The maximum atomic E-state index is 13.2. The fourth-order valence-electron chi connectivity index (χ4n) is 1.18. The fourth-order valence-corrected chi connectivity index (χ4v) is 1.18. The third-order valence-electron chi connectivity index (χ3n) is 2.04. The Morgan fingerprint density at radius 2 is 2.07 bits per heavy atom. The van der Waals surface area contributed by atoms with E-state index >= 15 is 0 Å². The predicted octanol–water partition coefficient (Wildman–Crippen LogP) is 1.35. The van der Waals surface area contributed by atoms with Crippen molar-refractivity contribution in [2.75, 3.05) is 7.11 Å². The Kier molecular flexibility index (Phi) is 3.04. The van der Waals surface area contributed by atoms with Gasteiger partial charge in [0.1, 0.15) is 11.6 Å². The Bertz CT molecular complexity index is 388. The van der Waals surface area contributed by atoms with Crippen LogP contribution in [0.4, 0.5) is 8.78 Å². The van der Waals surface area contributed by atoms with Crippen LogP contribution in [-0.2, 0) is 15.1 Å². The van der Waals surface area contributed by atoms with E-state index in [2.05, 4.69) is 4.74 Å². The molecular formula is C10H10F2O3. The molecule has 0 fully saturated rings. The molecule has 0 saturated carbocycles. The van der Waals surface area contributed by atoms with Crippen molar-refractivity contribution in [1.29, 1.82) is 0 Å². The molecule has 0 bridgehead atoms. The first-order valence-corrected chi connectivity index (χ1v) is 4.16. The summed E-state index contributed by atoms with van der Waals surface area (Å²) in [4.78, 5) is 11.1. The summed E-state index contributed by atoms with van der Waals surface area (Å²) in [7, 11) is 1.05. The third-order valence-corrected chi connectivity index (χ3v) is 2.04. The second-order valence-corrected chi connectivity index (χ2v) is 3.19. The molecule has 1 aromatic rings. The van der Waals surface area contributed by atoms with Crippen LogP contribution in [0.5, 0.6) is 0 Å². The quantitative estimate of drug-likeness (QED) is 0.759. The second-order valence-electron chi connectivity index (χ2n) is 3.19. The summed E-state index contributed by atoms with van der Waals surface area (Å²) in [6.45, 7) is 1.04. The van der Waals surface area contributed by atoms with Crippen LogP contribution < -0.4 is 0 Å². The normalized spacial score (nSPS) is 14.5. The van der Waals surface area contributed by atoms with Gasteiger partial charge in [0.05, 0.1) is 7.11 Å². The van der Waals surface area contributed by atoms with E-state index < -0.39 is 28.8 Å². The Morgan fingerprint density at radius 1 is 1.47 bits per heavy atom. The van der Waals surface area contributed by atoms with Crippen LogP contribution in [-0.4, -0.2) is 18.2 Å². The largest absolute Gasteiger partial charge is 0.467 e. The Hall–Kier alpha value is -1.49. The molecule has 0 heterocycles. The molecule has 1 aromatic carbocycles. The van der Waals surface area contributed by atoms with Gasteiger partial charge in [-0.3, -0.25) is 0 Å². The summed E-state index contributed by atoms with van der Waals surface area (Å²) >= 11 is 0. The molecular weight excluding hydrogens is 206 g/mol. The topological polar surface area (TPSA) is 46.5 Å². The number of ether oxygens (including phenoxy) is 1. The van der Waals surface area contributed by atoms with Crippen LogP contribution in [0.1, 0.15) is 12.5 Å². The molecule has 0 spiro atoms. The Labute approximate surface area is 85.3 Å². The summed E-state index contributed by atoms with van der Waals surface area (Å²) in [6.07, 6.45) is 0. The van der Waals surface area contributed by atoms with Gasteiger partial charge in [0.25, 0.3) is 0 Å². The minimum absolute atomic E-state index is 0.450. The maximum absolute atomic E-state index is 13.2. The molecule has 1 rings (SSSR count). The second kappa shape index (κ2) is 3.94. The lowest BCUT2D eigenvalue weighted by molar-refractivity contribution is -0.161. The third kappa shape index (κ3) is 2.12. The molecule has 0 radical (unpaired) electrons. The molecule has 0 aromatic heterocycles. The molecule has 82 valence electrons. The Morgan fingerprint density at radius 3 is 2.60 bits per heavy atom. The highest BCUT2D eigenvalue weighted by Gasteiger charge is 2.36. The van der Waals surface area contributed by atoms with Crippen LogP contribution in [0.2, 0.25) is 0 Å². The lowest BCUT2D eigenvalue weighted by Crippen LogP contribution is -2.34. The van der Waals surface area contributed by atoms with Crippen LogP contribution in [0.15, 0.2) is 18.2 Å². The summed E-state index contributed by atoms with van der Waals surface area (Å²) in [6, 6.07) is 2.49. The molecule has 1 atom stereocenters. The number of methoxy groups -OCH3 is 1. The van der Waals surface area contributed by atoms with E-state index in [-0.39, 0.29) is 0 Å². The highest BCUT2D eigenvalue weighted by atomic mass is 19.1. The highest BCUT2D eigenvalue weighted by Crippen LogP contribution is 2.25. The average molecular weight is 216 g/mol. The van der Waals surface area contributed by atoms with Crippen molar-refractivity contribution in [2.45, 2.75) is 12.5 Å². The zero-order chi connectivity index (χ0) is 11.6. The number of rotatable bonds is 2. The molecule has 0 saturated heterocycles. The number of esters is 1. The van der Waals surface area contributed by atoms with E-state index in [1.165, 1.54) is 0 Å². The zero-order valence-electron chi connectivity index (χ0n) is 8.25. The van der Waals surface area contributed by atoms with Gasteiger partial charge in [-0.05, 0) is 25.1 Å². The van der Waals surface area contributed by atoms with Gasteiger partial charge >= 0.3 is 5.97 Å². The number of aliphatic hydroxyl groups is 1. The van der Waals surface area contributed by atoms with Crippen molar-refractivity contribution in [3.05, 3.63) is 35.4 Å². The van der Waals surface area contributed by atoms with E-state index in [4.69, 9.17) is 0 Å².